The van der Waals surface area contributed by atoms with Crippen LogP contribution in [0.2, 0.25) is 0 Å². The van der Waals surface area contributed by atoms with E-state index in [9.17, 15) is 4.79 Å². The van der Waals surface area contributed by atoms with Crippen molar-refractivity contribution >= 4 is 33.0 Å². The summed E-state index contributed by atoms with van der Waals surface area (Å²) in [5.74, 6) is 0.0245. The predicted octanol–water partition coefficient (Wildman–Crippen LogP) is 4.08. The summed E-state index contributed by atoms with van der Waals surface area (Å²) in [6.45, 7) is 3.53. The lowest BCUT2D eigenvalue weighted by atomic mass is 10.1. The fourth-order valence-electron chi connectivity index (χ4n) is 1.42. The maximum atomic E-state index is 11.2. The van der Waals surface area contributed by atoms with Crippen LogP contribution in [-0.4, -0.2) is 10.8 Å². The summed E-state index contributed by atoms with van der Waals surface area (Å²) in [7, 11) is 0. The van der Waals surface area contributed by atoms with Crippen molar-refractivity contribution in [2.75, 3.05) is 0 Å². The summed E-state index contributed by atoms with van der Waals surface area (Å²) < 4.78 is 1.04. The van der Waals surface area contributed by atoms with Crippen LogP contribution in [0.25, 0.3) is 11.3 Å². The van der Waals surface area contributed by atoms with E-state index in [4.69, 9.17) is 0 Å². The SMILES string of the molecule is CC(=O)c1nc(-c2ccc(Br)cc2)c(C)s1. The number of thiazole rings is 1. The Hall–Kier alpha value is -1.00. The van der Waals surface area contributed by atoms with E-state index in [0.29, 0.717) is 5.01 Å². The van der Waals surface area contributed by atoms with Crippen LogP contribution in [0, 0.1) is 6.92 Å². The van der Waals surface area contributed by atoms with E-state index in [2.05, 4.69) is 20.9 Å². The first kappa shape index (κ1) is 11.5. The highest BCUT2D eigenvalue weighted by atomic mass is 79.9. The molecule has 0 radical (unpaired) electrons. The normalized spacial score (nSPS) is 10.4. The Morgan fingerprint density at radius 1 is 1.31 bits per heavy atom. The molecule has 1 heterocycles. The van der Waals surface area contributed by atoms with Crippen LogP contribution >= 0.6 is 27.3 Å². The monoisotopic (exact) mass is 295 g/mol. The zero-order valence-corrected chi connectivity index (χ0v) is 11.4. The van der Waals surface area contributed by atoms with Gasteiger partial charge in [-0.25, -0.2) is 4.98 Å². The molecule has 0 atom stereocenters. The van der Waals surface area contributed by atoms with Crippen LogP contribution in [-0.2, 0) is 0 Å². The highest BCUT2D eigenvalue weighted by molar-refractivity contribution is 9.10. The van der Waals surface area contributed by atoms with Gasteiger partial charge in [0.1, 0.15) is 0 Å². The lowest BCUT2D eigenvalue weighted by Gasteiger charge is -1.98. The molecule has 0 fully saturated rings. The van der Waals surface area contributed by atoms with Crippen molar-refractivity contribution in [2.24, 2.45) is 0 Å². The van der Waals surface area contributed by atoms with Crippen LogP contribution in [0.5, 0.6) is 0 Å². The van der Waals surface area contributed by atoms with Crippen molar-refractivity contribution in [3.63, 3.8) is 0 Å². The van der Waals surface area contributed by atoms with Gasteiger partial charge in [-0.3, -0.25) is 4.79 Å². The van der Waals surface area contributed by atoms with E-state index in [0.717, 1.165) is 20.6 Å². The van der Waals surface area contributed by atoms with Crippen LogP contribution in [0.4, 0.5) is 0 Å². The average Bonchev–Trinajstić information content (AvgIpc) is 2.62. The Kier molecular flexibility index (Phi) is 3.21. The zero-order chi connectivity index (χ0) is 11.7. The van der Waals surface area contributed by atoms with Crippen molar-refractivity contribution in [2.45, 2.75) is 13.8 Å². The van der Waals surface area contributed by atoms with Crippen molar-refractivity contribution in [3.05, 3.63) is 38.6 Å². The number of hydrogen-bond acceptors (Lipinski definition) is 3. The molecule has 1 aromatic heterocycles. The molecule has 0 saturated heterocycles. The fourth-order valence-corrected chi connectivity index (χ4v) is 2.52. The molecule has 0 amide bonds. The minimum Gasteiger partial charge on any atom is -0.292 e. The first-order chi connectivity index (χ1) is 7.58. The molecule has 82 valence electrons. The minimum atomic E-state index is 0.0245. The van der Waals surface area contributed by atoms with Gasteiger partial charge in [0.2, 0.25) is 0 Å². The second kappa shape index (κ2) is 4.47. The number of carbonyl (C=O) groups excluding carboxylic acids is 1. The standard InChI is InChI=1S/C12H10BrNOS/c1-7(15)12-14-11(8(2)16-12)9-3-5-10(13)6-4-9/h3-6H,1-2H3. The van der Waals surface area contributed by atoms with Gasteiger partial charge in [-0.1, -0.05) is 28.1 Å². The van der Waals surface area contributed by atoms with Crippen molar-refractivity contribution in [1.82, 2.24) is 4.98 Å². The van der Waals surface area contributed by atoms with Crippen LogP contribution < -0.4 is 0 Å². The van der Waals surface area contributed by atoms with E-state index in [-0.39, 0.29) is 5.78 Å². The summed E-state index contributed by atoms with van der Waals surface area (Å²) >= 11 is 4.84. The van der Waals surface area contributed by atoms with Crippen molar-refractivity contribution < 1.29 is 4.79 Å². The van der Waals surface area contributed by atoms with Gasteiger partial charge in [0, 0.05) is 21.8 Å². The molecule has 2 aromatic rings. The van der Waals surface area contributed by atoms with Crippen LogP contribution in [0.1, 0.15) is 21.6 Å². The molecule has 0 spiro atoms. The molecule has 0 bridgehead atoms. The molecule has 0 saturated carbocycles. The molecule has 0 N–H and O–H groups in total. The van der Waals surface area contributed by atoms with Crippen molar-refractivity contribution in [1.29, 1.82) is 0 Å². The largest absolute Gasteiger partial charge is 0.292 e. The van der Waals surface area contributed by atoms with E-state index in [1.807, 2.05) is 31.2 Å². The van der Waals surface area contributed by atoms with Gasteiger partial charge >= 0.3 is 0 Å². The Morgan fingerprint density at radius 2 is 1.94 bits per heavy atom. The molecule has 16 heavy (non-hydrogen) atoms. The second-order valence-corrected chi connectivity index (χ2v) is 5.61. The maximum Gasteiger partial charge on any atom is 0.188 e. The van der Waals surface area contributed by atoms with Gasteiger partial charge in [-0.2, -0.15) is 0 Å². The topological polar surface area (TPSA) is 30.0 Å². The van der Waals surface area contributed by atoms with E-state index < -0.39 is 0 Å². The number of carbonyl (C=O) groups is 1. The Labute approximate surface area is 106 Å². The Bertz CT molecular complexity index is 530. The fraction of sp³-hybridized carbons (Fsp3) is 0.167. The van der Waals surface area contributed by atoms with Gasteiger partial charge in [-0.15, -0.1) is 11.3 Å². The molecule has 2 nitrogen and oxygen atoms in total. The molecule has 4 heteroatoms. The molecule has 0 unspecified atom stereocenters. The Balaban J connectivity index is 2.47. The average molecular weight is 296 g/mol. The first-order valence-corrected chi connectivity index (χ1v) is 6.43. The third kappa shape index (κ3) is 2.23. The van der Waals surface area contributed by atoms with Crippen LogP contribution in [0.3, 0.4) is 0 Å². The minimum absolute atomic E-state index is 0.0245. The molecule has 0 aliphatic rings. The third-order valence-corrected chi connectivity index (χ3v) is 3.82. The van der Waals surface area contributed by atoms with Gasteiger partial charge in [-0.05, 0) is 19.1 Å². The van der Waals surface area contributed by atoms with E-state index in [1.54, 1.807) is 6.92 Å². The molecule has 0 aliphatic heterocycles. The highest BCUT2D eigenvalue weighted by Gasteiger charge is 2.12. The van der Waals surface area contributed by atoms with Gasteiger partial charge in [0.15, 0.2) is 10.8 Å². The molecular weight excluding hydrogens is 286 g/mol. The summed E-state index contributed by atoms with van der Waals surface area (Å²) in [5.41, 5.74) is 1.95. The lowest BCUT2D eigenvalue weighted by molar-refractivity contribution is 0.101. The maximum absolute atomic E-state index is 11.2. The number of Topliss-reactive ketones (excluding diaryl/α,β-unsaturated/α-hetero) is 1. The zero-order valence-electron chi connectivity index (χ0n) is 8.95. The molecule has 1 aromatic carbocycles. The third-order valence-electron chi connectivity index (χ3n) is 2.22. The summed E-state index contributed by atoms with van der Waals surface area (Å²) in [6.07, 6.45) is 0. The lowest BCUT2D eigenvalue weighted by Crippen LogP contribution is -1.89. The number of nitrogens with zero attached hydrogens (tertiary/aromatic N) is 1. The second-order valence-electron chi connectivity index (χ2n) is 3.49. The van der Waals surface area contributed by atoms with Crippen LogP contribution in [0.15, 0.2) is 28.7 Å². The van der Waals surface area contributed by atoms with Gasteiger partial charge in [0.25, 0.3) is 0 Å². The van der Waals surface area contributed by atoms with Gasteiger partial charge < -0.3 is 0 Å². The molecule has 0 aliphatic carbocycles. The highest BCUT2D eigenvalue weighted by Crippen LogP contribution is 2.28. The number of rotatable bonds is 2. The Morgan fingerprint density at radius 3 is 2.44 bits per heavy atom. The van der Waals surface area contributed by atoms with Crippen molar-refractivity contribution in [3.8, 4) is 11.3 Å². The quantitative estimate of drug-likeness (QED) is 0.781. The number of ketones is 1. The van der Waals surface area contributed by atoms with Gasteiger partial charge in [0.05, 0.1) is 5.69 Å². The molecule has 2 rings (SSSR count). The molecular formula is C12H10BrNOS. The first-order valence-electron chi connectivity index (χ1n) is 4.82. The number of aryl methyl sites for hydroxylation is 1. The van der Waals surface area contributed by atoms with E-state index in [1.165, 1.54) is 11.3 Å². The smallest absolute Gasteiger partial charge is 0.188 e. The summed E-state index contributed by atoms with van der Waals surface area (Å²) in [6, 6.07) is 7.94. The predicted molar refractivity (Wildman–Crippen MR) is 70.0 cm³/mol. The van der Waals surface area contributed by atoms with E-state index >= 15 is 0 Å². The number of halogens is 1. The number of benzene rings is 1. The number of aromatic nitrogens is 1. The summed E-state index contributed by atoms with van der Waals surface area (Å²) in [4.78, 5) is 16.7. The summed E-state index contributed by atoms with van der Waals surface area (Å²) in [5, 5.41) is 0.579. The number of hydrogen-bond donors (Lipinski definition) is 0.